The van der Waals surface area contributed by atoms with Gasteiger partial charge in [0.2, 0.25) is 0 Å². The first-order chi connectivity index (χ1) is 5.17. The van der Waals surface area contributed by atoms with Crippen LogP contribution in [0.15, 0.2) is 4.36 Å². The SMILES string of the molecule is CN=S(C)(=O)C1CCOCC1. The van der Waals surface area contributed by atoms with E-state index in [0.717, 1.165) is 26.1 Å². The molecular formula is C7H15NO2S. The standard InChI is InChI=1S/C7H15NO2S/c1-8-11(2,9)7-3-5-10-6-4-7/h7H,3-6H2,1-2H3. The summed E-state index contributed by atoms with van der Waals surface area (Å²) in [7, 11) is -0.290. The maximum Gasteiger partial charge on any atom is 0.0477 e. The Morgan fingerprint density at radius 3 is 2.45 bits per heavy atom. The smallest absolute Gasteiger partial charge is 0.0477 e. The molecule has 0 N–H and O–H groups in total. The molecular weight excluding hydrogens is 162 g/mol. The highest BCUT2D eigenvalue weighted by Gasteiger charge is 2.21. The fraction of sp³-hybridized carbons (Fsp3) is 1.00. The molecule has 1 heterocycles. The van der Waals surface area contributed by atoms with Gasteiger partial charge in [0.1, 0.15) is 0 Å². The van der Waals surface area contributed by atoms with Crippen molar-refractivity contribution < 1.29 is 8.95 Å². The van der Waals surface area contributed by atoms with E-state index in [1.54, 1.807) is 13.3 Å². The number of hydrogen-bond acceptors (Lipinski definition) is 3. The van der Waals surface area contributed by atoms with Crippen molar-refractivity contribution in [2.75, 3.05) is 26.5 Å². The summed E-state index contributed by atoms with van der Waals surface area (Å²) in [5.74, 6) is 0. The van der Waals surface area contributed by atoms with Gasteiger partial charge < -0.3 is 4.74 Å². The Labute approximate surface area is 68.3 Å². The highest BCUT2D eigenvalue weighted by Crippen LogP contribution is 2.15. The van der Waals surface area contributed by atoms with Crippen molar-refractivity contribution in [1.82, 2.24) is 0 Å². The van der Waals surface area contributed by atoms with Gasteiger partial charge in [-0.25, -0.2) is 8.57 Å². The lowest BCUT2D eigenvalue weighted by Crippen LogP contribution is -2.27. The normalized spacial score (nSPS) is 26.0. The first-order valence-electron chi connectivity index (χ1n) is 3.83. The molecule has 1 fully saturated rings. The largest absolute Gasteiger partial charge is 0.381 e. The average Bonchev–Trinajstić information content (AvgIpc) is 2.06. The van der Waals surface area contributed by atoms with E-state index in [1.807, 2.05) is 0 Å². The summed E-state index contributed by atoms with van der Waals surface area (Å²) < 4.78 is 20.8. The molecule has 0 aromatic carbocycles. The van der Waals surface area contributed by atoms with Crippen LogP contribution in [0.5, 0.6) is 0 Å². The van der Waals surface area contributed by atoms with Crippen LogP contribution in [0.1, 0.15) is 12.8 Å². The van der Waals surface area contributed by atoms with E-state index in [9.17, 15) is 4.21 Å². The zero-order valence-electron chi connectivity index (χ0n) is 7.08. The summed E-state index contributed by atoms with van der Waals surface area (Å²) in [4.78, 5) is 0. The van der Waals surface area contributed by atoms with Crippen LogP contribution in [0.2, 0.25) is 0 Å². The Morgan fingerprint density at radius 1 is 1.45 bits per heavy atom. The molecule has 66 valence electrons. The van der Waals surface area contributed by atoms with Crippen LogP contribution >= 0.6 is 0 Å². The minimum Gasteiger partial charge on any atom is -0.381 e. The van der Waals surface area contributed by atoms with Crippen LogP contribution in [-0.2, 0) is 14.5 Å². The van der Waals surface area contributed by atoms with Crippen LogP contribution in [0.4, 0.5) is 0 Å². The molecule has 0 amide bonds. The van der Waals surface area contributed by atoms with Gasteiger partial charge in [-0.15, -0.1) is 0 Å². The van der Waals surface area contributed by atoms with Crippen molar-refractivity contribution in [2.24, 2.45) is 4.36 Å². The van der Waals surface area contributed by atoms with Crippen LogP contribution in [0, 0.1) is 0 Å². The summed E-state index contributed by atoms with van der Waals surface area (Å²) >= 11 is 0. The lowest BCUT2D eigenvalue weighted by Gasteiger charge is -2.22. The highest BCUT2D eigenvalue weighted by atomic mass is 32.2. The lowest BCUT2D eigenvalue weighted by molar-refractivity contribution is 0.0990. The topological polar surface area (TPSA) is 38.7 Å². The third-order valence-corrected chi connectivity index (χ3v) is 4.58. The van der Waals surface area contributed by atoms with Crippen molar-refractivity contribution in [3.63, 3.8) is 0 Å². The van der Waals surface area contributed by atoms with Crippen molar-refractivity contribution in [2.45, 2.75) is 18.1 Å². The van der Waals surface area contributed by atoms with Crippen molar-refractivity contribution in [3.8, 4) is 0 Å². The molecule has 0 aromatic heterocycles. The quantitative estimate of drug-likeness (QED) is 0.596. The second kappa shape index (κ2) is 3.54. The lowest BCUT2D eigenvalue weighted by atomic mass is 10.2. The van der Waals surface area contributed by atoms with Gasteiger partial charge in [0.25, 0.3) is 0 Å². The zero-order valence-corrected chi connectivity index (χ0v) is 7.89. The molecule has 0 radical (unpaired) electrons. The summed E-state index contributed by atoms with van der Waals surface area (Å²) in [6, 6.07) is 0. The third-order valence-electron chi connectivity index (χ3n) is 2.15. The highest BCUT2D eigenvalue weighted by molar-refractivity contribution is 7.93. The van der Waals surface area contributed by atoms with Gasteiger partial charge >= 0.3 is 0 Å². The maximum absolute atomic E-state index is 11.7. The fourth-order valence-corrected chi connectivity index (χ4v) is 2.63. The molecule has 3 nitrogen and oxygen atoms in total. The van der Waals surface area contributed by atoms with E-state index in [-0.39, 0.29) is 5.25 Å². The summed E-state index contributed by atoms with van der Waals surface area (Å²) in [6.07, 6.45) is 3.53. The molecule has 0 spiro atoms. The predicted octanol–water partition coefficient (Wildman–Crippen LogP) is 0.893. The molecule has 0 bridgehead atoms. The molecule has 4 heteroatoms. The first kappa shape index (κ1) is 9.00. The number of ether oxygens (including phenoxy) is 1. The molecule has 1 saturated heterocycles. The van der Waals surface area contributed by atoms with E-state index in [2.05, 4.69) is 4.36 Å². The van der Waals surface area contributed by atoms with Gasteiger partial charge in [0.15, 0.2) is 0 Å². The van der Waals surface area contributed by atoms with Gasteiger partial charge in [0.05, 0.1) is 0 Å². The van der Waals surface area contributed by atoms with Crippen LogP contribution in [0.3, 0.4) is 0 Å². The van der Waals surface area contributed by atoms with Crippen LogP contribution < -0.4 is 0 Å². The summed E-state index contributed by atoms with van der Waals surface area (Å²) in [6.45, 7) is 1.48. The maximum atomic E-state index is 11.7. The van der Waals surface area contributed by atoms with Crippen molar-refractivity contribution in [1.29, 1.82) is 0 Å². The Hall–Kier alpha value is -0.0900. The zero-order chi connectivity index (χ0) is 8.32. The fourth-order valence-electron chi connectivity index (χ4n) is 1.26. The van der Waals surface area contributed by atoms with Gasteiger partial charge in [-0.3, -0.25) is 0 Å². The number of rotatable bonds is 1. The molecule has 1 unspecified atom stereocenters. The third kappa shape index (κ3) is 2.17. The molecule has 11 heavy (non-hydrogen) atoms. The Morgan fingerprint density at radius 2 is 2.00 bits per heavy atom. The molecule has 0 aromatic rings. The Kier molecular flexibility index (Phi) is 2.90. The monoisotopic (exact) mass is 177 g/mol. The van der Waals surface area contributed by atoms with Gasteiger partial charge in [-0.1, -0.05) is 0 Å². The average molecular weight is 177 g/mol. The van der Waals surface area contributed by atoms with E-state index >= 15 is 0 Å². The molecule has 1 rings (SSSR count). The second-order valence-electron chi connectivity index (χ2n) is 2.86. The van der Waals surface area contributed by atoms with Gasteiger partial charge in [-0.2, -0.15) is 0 Å². The minimum absolute atomic E-state index is 0.251. The predicted molar refractivity (Wildman–Crippen MR) is 46.3 cm³/mol. The van der Waals surface area contributed by atoms with Crippen LogP contribution in [-0.4, -0.2) is 36.0 Å². The van der Waals surface area contributed by atoms with Crippen molar-refractivity contribution in [3.05, 3.63) is 0 Å². The molecule has 0 saturated carbocycles. The van der Waals surface area contributed by atoms with E-state index < -0.39 is 9.73 Å². The van der Waals surface area contributed by atoms with E-state index in [4.69, 9.17) is 4.74 Å². The van der Waals surface area contributed by atoms with Crippen LogP contribution in [0.25, 0.3) is 0 Å². The number of hydrogen-bond donors (Lipinski definition) is 0. The van der Waals surface area contributed by atoms with Gasteiger partial charge in [-0.05, 0) is 12.8 Å². The minimum atomic E-state index is -1.93. The van der Waals surface area contributed by atoms with Gasteiger partial charge in [0, 0.05) is 41.5 Å². The molecule has 1 aliphatic rings. The Bertz CT molecular complexity index is 225. The summed E-state index contributed by atoms with van der Waals surface area (Å²) in [5, 5.41) is 0.251. The van der Waals surface area contributed by atoms with E-state index in [1.165, 1.54) is 0 Å². The molecule has 0 aliphatic carbocycles. The number of nitrogens with zero attached hydrogens (tertiary/aromatic N) is 1. The molecule has 1 atom stereocenters. The second-order valence-corrected chi connectivity index (χ2v) is 5.61. The molecule has 1 aliphatic heterocycles. The van der Waals surface area contributed by atoms with Crippen molar-refractivity contribution >= 4 is 9.73 Å². The van der Waals surface area contributed by atoms with E-state index in [0.29, 0.717) is 0 Å². The Balaban J connectivity index is 2.66. The summed E-state index contributed by atoms with van der Waals surface area (Å²) in [5.41, 5.74) is 0. The first-order valence-corrected chi connectivity index (χ1v) is 5.82.